The van der Waals surface area contributed by atoms with Gasteiger partial charge < -0.3 is 10.9 Å². The summed E-state index contributed by atoms with van der Waals surface area (Å²) in [5, 5.41) is 0. The molecule has 0 aromatic carbocycles. The standard InChI is InChI=1S/C6H15NO5S.Na.H/c1-3-11-6(7,12-4-2)5-13(8,9)10;;/h3-5,7H2,1-2H3,(H,8,9,10);;/q;+1;-1. The van der Waals surface area contributed by atoms with E-state index in [4.69, 9.17) is 19.8 Å². The fourth-order valence-corrected chi connectivity index (χ4v) is 1.54. The van der Waals surface area contributed by atoms with E-state index >= 15 is 0 Å². The van der Waals surface area contributed by atoms with Gasteiger partial charge >= 0.3 is 29.6 Å². The summed E-state index contributed by atoms with van der Waals surface area (Å²) in [7, 11) is -4.20. The van der Waals surface area contributed by atoms with Gasteiger partial charge in [-0.2, -0.15) is 8.42 Å². The Kier molecular flexibility index (Phi) is 8.75. The van der Waals surface area contributed by atoms with Gasteiger partial charge in [-0.05, 0) is 13.8 Å². The van der Waals surface area contributed by atoms with Gasteiger partial charge in [-0.25, -0.2) is 0 Å². The SMILES string of the molecule is CCOC(N)(CS(=O)(=O)O)OCC.[H-].[Na+]. The van der Waals surface area contributed by atoms with Gasteiger partial charge in [0.1, 0.15) is 5.75 Å². The average molecular weight is 237 g/mol. The summed E-state index contributed by atoms with van der Waals surface area (Å²) in [6.45, 7) is 3.69. The summed E-state index contributed by atoms with van der Waals surface area (Å²) in [5.74, 6) is -2.53. The first-order chi connectivity index (χ1) is 5.83. The van der Waals surface area contributed by atoms with Crippen molar-refractivity contribution in [3.63, 3.8) is 0 Å². The fourth-order valence-electron chi connectivity index (χ4n) is 0.868. The van der Waals surface area contributed by atoms with E-state index in [-0.39, 0.29) is 44.2 Å². The number of ether oxygens (including phenoxy) is 2. The number of nitrogens with two attached hydrogens (primary N) is 1. The zero-order valence-electron chi connectivity index (χ0n) is 9.69. The van der Waals surface area contributed by atoms with Crippen LogP contribution in [0.5, 0.6) is 0 Å². The van der Waals surface area contributed by atoms with Crippen LogP contribution in [0.1, 0.15) is 15.3 Å². The van der Waals surface area contributed by atoms with Gasteiger partial charge in [0.15, 0.2) is 0 Å². The Labute approximate surface area is 108 Å². The predicted molar refractivity (Wildman–Crippen MR) is 47.7 cm³/mol. The molecule has 0 aromatic rings. The fraction of sp³-hybridized carbons (Fsp3) is 1.00. The van der Waals surface area contributed by atoms with E-state index < -0.39 is 21.8 Å². The average Bonchev–Trinajstić information content (AvgIpc) is 1.82. The number of hydrogen-bond donors (Lipinski definition) is 2. The maximum atomic E-state index is 10.5. The smallest absolute Gasteiger partial charge is 1.00 e. The molecule has 6 nitrogen and oxygen atoms in total. The zero-order chi connectivity index (χ0) is 10.5. The molecule has 0 unspecified atom stereocenters. The first-order valence-electron chi connectivity index (χ1n) is 3.85. The maximum Gasteiger partial charge on any atom is 1.00 e. The maximum absolute atomic E-state index is 10.5. The quantitative estimate of drug-likeness (QED) is 0.285. The molecule has 14 heavy (non-hydrogen) atoms. The molecule has 0 spiro atoms. The third-order valence-corrected chi connectivity index (χ3v) is 1.93. The van der Waals surface area contributed by atoms with Crippen LogP contribution < -0.4 is 35.3 Å². The minimum Gasteiger partial charge on any atom is -1.00 e. The van der Waals surface area contributed by atoms with E-state index in [1.165, 1.54) is 0 Å². The van der Waals surface area contributed by atoms with Gasteiger partial charge in [0.25, 0.3) is 10.1 Å². The molecule has 3 N–H and O–H groups in total. The normalized spacial score (nSPS) is 12.3. The molecule has 0 saturated heterocycles. The minimum absolute atomic E-state index is 0. The molecule has 0 saturated carbocycles. The van der Waals surface area contributed by atoms with Crippen molar-refractivity contribution in [2.75, 3.05) is 19.0 Å². The molecule has 0 heterocycles. The van der Waals surface area contributed by atoms with Crippen LogP contribution in [0.2, 0.25) is 0 Å². The van der Waals surface area contributed by atoms with Gasteiger partial charge in [0.2, 0.25) is 5.91 Å². The van der Waals surface area contributed by atoms with Crippen LogP contribution in [0.4, 0.5) is 0 Å². The molecule has 0 bridgehead atoms. The Balaban J connectivity index is -0.000000720. The summed E-state index contributed by atoms with van der Waals surface area (Å²) in [4.78, 5) is 0. The Bertz CT molecular complexity index is 242. The number of hydrogen-bond acceptors (Lipinski definition) is 5. The molecular formula is C6H16NNaO5S. The Morgan fingerprint density at radius 2 is 1.71 bits per heavy atom. The zero-order valence-corrected chi connectivity index (χ0v) is 11.5. The van der Waals surface area contributed by atoms with Crippen LogP contribution in [0.25, 0.3) is 0 Å². The van der Waals surface area contributed by atoms with Gasteiger partial charge in [-0.3, -0.25) is 10.3 Å². The van der Waals surface area contributed by atoms with Crippen LogP contribution in [0.15, 0.2) is 0 Å². The van der Waals surface area contributed by atoms with Crippen molar-refractivity contribution in [3.8, 4) is 0 Å². The van der Waals surface area contributed by atoms with Gasteiger partial charge in [-0.1, -0.05) is 0 Å². The molecule has 0 aliphatic rings. The van der Waals surface area contributed by atoms with E-state index in [2.05, 4.69) is 0 Å². The van der Waals surface area contributed by atoms with Crippen LogP contribution >= 0.6 is 0 Å². The van der Waals surface area contributed by atoms with Crippen molar-refractivity contribution >= 4 is 10.1 Å². The summed E-state index contributed by atoms with van der Waals surface area (Å²) in [6, 6.07) is 0. The predicted octanol–water partition coefficient (Wildman–Crippen LogP) is -3.32. The molecule has 0 aliphatic heterocycles. The molecule has 0 fully saturated rings. The van der Waals surface area contributed by atoms with Gasteiger partial charge in [-0.15, -0.1) is 0 Å². The third kappa shape index (κ3) is 8.13. The van der Waals surface area contributed by atoms with Crippen molar-refractivity contribution in [1.82, 2.24) is 0 Å². The summed E-state index contributed by atoms with van der Waals surface area (Å²) < 4.78 is 39.3. The second kappa shape index (κ2) is 7.13. The first-order valence-corrected chi connectivity index (χ1v) is 5.46. The van der Waals surface area contributed by atoms with E-state index in [1.54, 1.807) is 13.8 Å². The molecule has 0 aromatic heterocycles. The van der Waals surface area contributed by atoms with Crippen LogP contribution in [0.3, 0.4) is 0 Å². The van der Waals surface area contributed by atoms with Crippen molar-refractivity contribution in [3.05, 3.63) is 0 Å². The van der Waals surface area contributed by atoms with Crippen LogP contribution in [-0.4, -0.2) is 37.8 Å². The van der Waals surface area contributed by atoms with Crippen LogP contribution in [-0.2, 0) is 19.6 Å². The summed E-state index contributed by atoms with van der Waals surface area (Å²) in [5.41, 5.74) is 5.42. The monoisotopic (exact) mass is 237 g/mol. The Morgan fingerprint density at radius 1 is 1.36 bits per heavy atom. The molecular weight excluding hydrogens is 221 g/mol. The van der Waals surface area contributed by atoms with E-state index in [0.29, 0.717) is 0 Å². The molecule has 8 heteroatoms. The van der Waals surface area contributed by atoms with Crippen molar-refractivity contribution in [2.45, 2.75) is 19.8 Å². The molecule has 0 amide bonds. The van der Waals surface area contributed by atoms with Crippen molar-refractivity contribution in [1.29, 1.82) is 0 Å². The topological polar surface area (TPSA) is 98.9 Å². The number of rotatable bonds is 6. The summed E-state index contributed by atoms with van der Waals surface area (Å²) in [6.07, 6.45) is 0. The molecule has 0 aliphatic carbocycles. The van der Waals surface area contributed by atoms with E-state index in [1.807, 2.05) is 0 Å². The first kappa shape index (κ1) is 17.2. The Morgan fingerprint density at radius 3 is 1.93 bits per heavy atom. The van der Waals surface area contributed by atoms with Crippen molar-refractivity contribution < 1.29 is 53.4 Å². The minimum atomic E-state index is -4.20. The molecule has 0 atom stereocenters. The van der Waals surface area contributed by atoms with Crippen molar-refractivity contribution in [2.24, 2.45) is 5.73 Å². The largest absolute Gasteiger partial charge is 1.00 e. The van der Waals surface area contributed by atoms with Gasteiger partial charge in [0.05, 0.1) is 0 Å². The second-order valence-corrected chi connectivity index (χ2v) is 3.86. The van der Waals surface area contributed by atoms with Crippen LogP contribution in [0, 0.1) is 0 Å². The molecule has 0 rings (SSSR count). The Hall–Kier alpha value is 0.790. The third-order valence-electron chi connectivity index (χ3n) is 1.16. The van der Waals surface area contributed by atoms with E-state index in [9.17, 15) is 8.42 Å². The second-order valence-electron chi connectivity index (χ2n) is 2.40. The molecule has 82 valence electrons. The summed E-state index contributed by atoms with van der Waals surface area (Å²) >= 11 is 0. The van der Waals surface area contributed by atoms with Gasteiger partial charge in [0, 0.05) is 13.2 Å². The molecule has 0 radical (unpaired) electrons. The van der Waals surface area contributed by atoms with E-state index in [0.717, 1.165) is 0 Å².